The fraction of sp³-hybridized carbons (Fsp3) is 0.900. The van der Waals surface area contributed by atoms with E-state index in [0.29, 0.717) is 5.75 Å². The van der Waals surface area contributed by atoms with E-state index in [4.69, 9.17) is 0 Å². The summed E-state index contributed by atoms with van der Waals surface area (Å²) in [5, 5.41) is 0. The molecule has 0 saturated carbocycles. The Morgan fingerprint density at radius 1 is 1.50 bits per heavy atom. The molecular weight excluding hydrogens is 239 g/mol. The minimum atomic E-state index is -4.15. The Kier molecular flexibility index (Phi) is 5.11. The topological polar surface area (TPSA) is 20.3 Å². The second-order valence-electron chi connectivity index (χ2n) is 4.01. The Morgan fingerprint density at radius 3 is 2.75 bits per heavy atom. The smallest absolute Gasteiger partial charge is 0.298 e. The van der Waals surface area contributed by atoms with Gasteiger partial charge in [0, 0.05) is 30.9 Å². The molecule has 1 aliphatic heterocycles. The van der Waals surface area contributed by atoms with Gasteiger partial charge in [-0.15, -0.1) is 0 Å². The lowest BCUT2D eigenvalue weighted by molar-refractivity contribution is -0.137. The minimum Gasteiger partial charge on any atom is -0.298 e. The first kappa shape index (κ1) is 13.8. The standard InChI is InChI=1S/C10H16F3NOS/c1-14-5-6-16-7-8(14)9(15)3-2-4-10(11,12)13/h8H,2-7H2,1H3. The second kappa shape index (κ2) is 5.91. The van der Waals surface area contributed by atoms with Crippen molar-refractivity contribution in [1.82, 2.24) is 4.90 Å². The van der Waals surface area contributed by atoms with E-state index in [9.17, 15) is 18.0 Å². The molecule has 1 saturated heterocycles. The van der Waals surface area contributed by atoms with Crippen molar-refractivity contribution in [2.75, 3.05) is 25.1 Å². The molecule has 0 radical (unpaired) electrons. The fourth-order valence-electron chi connectivity index (χ4n) is 1.66. The van der Waals surface area contributed by atoms with Crippen LogP contribution in [-0.4, -0.2) is 48.0 Å². The molecule has 0 amide bonds. The third kappa shape index (κ3) is 4.74. The van der Waals surface area contributed by atoms with E-state index >= 15 is 0 Å². The molecule has 1 rings (SSSR count). The quantitative estimate of drug-likeness (QED) is 0.769. The lowest BCUT2D eigenvalue weighted by Crippen LogP contribution is -2.44. The zero-order chi connectivity index (χ0) is 12.2. The molecule has 1 heterocycles. The third-order valence-corrected chi connectivity index (χ3v) is 3.67. The predicted octanol–water partition coefficient (Wildman–Crippen LogP) is 2.34. The van der Waals surface area contributed by atoms with Gasteiger partial charge in [0.2, 0.25) is 0 Å². The van der Waals surface area contributed by atoms with Crippen molar-refractivity contribution in [3.63, 3.8) is 0 Å². The number of Topliss-reactive ketones (excluding diaryl/α,β-unsaturated/α-hetero) is 1. The summed E-state index contributed by atoms with van der Waals surface area (Å²) in [5.74, 6) is 1.64. The molecule has 2 nitrogen and oxygen atoms in total. The van der Waals surface area contributed by atoms with Crippen molar-refractivity contribution in [1.29, 1.82) is 0 Å². The minimum absolute atomic E-state index is 0.0368. The summed E-state index contributed by atoms with van der Waals surface area (Å²) in [4.78, 5) is 13.6. The van der Waals surface area contributed by atoms with Crippen molar-refractivity contribution in [3.05, 3.63) is 0 Å². The number of carbonyl (C=O) groups excluding carboxylic acids is 1. The number of ketones is 1. The first-order valence-corrected chi connectivity index (χ1v) is 6.43. The number of hydrogen-bond acceptors (Lipinski definition) is 3. The molecule has 0 aliphatic carbocycles. The van der Waals surface area contributed by atoms with Gasteiger partial charge in [-0.05, 0) is 13.5 Å². The zero-order valence-corrected chi connectivity index (χ0v) is 10.0. The molecule has 1 fully saturated rings. The van der Waals surface area contributed by atoms with Gasteiger partial charge in [-0.2, -0.15) is 24.9 Å². The highest BCUT2D eigenvalue weighted by molar-refractivity contribution is 7.99. The monoisotopic (exact) mass is 255 g/mol. The maximum atomic E-state index is 11.9. The second-order valence-corrected chi connectivity index (χ2v) is 5.16. The maximum Gasteiger partial charge on any atom is 0.389 e. The molecule has 1 aliphatic rings. The van der Waals surface area contributed by atoms with Gasteiger partial charge in [0.15, 0.2) is 5.78 Å². The average molecular weight is 255 g/mol. The molecule has 16 heavy (non-hydrogen) atoms. The molecule has 6 heteroatoms. The third-order valence-electron chi connectivity index (χ3n) is 2.65. The van der Waals surface area contributed by atoms with Crippen LogP contribution in [0.3, 0.4) is 0 Å². The van der Waals surface area contributed by atoms with Crippen LogP contribution in [0.25, 0.3) is 0 Å². The van der Waals surface area contributed by atoms with Gasteiger partial charge in [0.05, 0.1) is 6.04 Å². The van der Waals surface area contributed by atoms with Crippen molar-refractivity contribution in [2.45, 2.75) is 31.5 Å². The fourth-order valence-corrected chi connectivity index (χ4v) is 2.90. The van der Waals surface area contributed by atoms with Crippen LogP contribution in [0.4, 0.5) is 13.2 Å². The van der Waals surface area contributed by atoms with Crippen LogP contribution < -0.4 is 0 Å². The van der Waals surface area contributed by atoms with E-state index in [1.807, 2.05) is 11.9 Å². The zero-order valence-electron chi connectivity index (χ0n) is 9.22. The van der Waals surface area contributed by atoms with Crippen LogP contribution in [-0.2, 0) is 4.79 Å². The van der Waals surface area contributed by atoms with Gasteiger partial charge >= 0.3 is 6.18 Å². The van der Waals surface area contributed by atoms with Crippen LogP contribution in [0.15, 0.2) is 0 Å². The molecule has 0 aromatic heterocycles. The summed E-state index contributed by atoms with van der Waals surface area (Å²) >= 11 is 1.69. The van der Waals surface area contributed by atoms with E-state index in [2.05, 4.69) is 0 Å². The van der Waals surface area contributed by atoms with Crippen LogP contribution >= 0.6 is 11.8 Å². The average Bonchev–Trinajstić information content (AvgIpc) is 2.16. The number of alkyl halides is 3. The Morgan fingerprint density at radius 2 is 2.19 bits per heavy atom. The van der Waals surface area contributed by atoms with E-state index in [0.717, 1.165) is 12.3 Å². The molecule has 0 aromatic rings. The number of nitrogens with zero attached hydrogens (tertiary/aromatic N) is 1. The molecule has 94 valence electrons. The highest BCUT2D eigenvalue weighted by atomic mass is 32.2. The summed E-state index contributed by atoms with van der Waals surface area (Å²) in [7, 11) is 1.85. The van der Waals surface area contributed by atoms with Gasteiger partial charge in [-0.3, -0.25) is 9.69 Å². The van der Waals surface area contributed by atoms with Gasteiger partial charge in [-0.1, -0.05) is 0 Å². The highest BCUT2D eigenvalue weighted by Crippen LogP contribution is 2.23. The van der Waals surface area contributed by atoms with E-state index in [1.165, 1.54) is 0 Å². The first-order valence-electron chi connectivity index (χ1n) is 5.27. The Hall–Kier alpha value is -0.230. The van der Waals surface area contributed by atoms with Crippen molar-refractivity contribution < 1.29 is 18.0 Å². The molecule has 0 aromatic carbocycles. The summed E-state index contributed by atoms with van der Waals surface area (Å²) < 4.78 is 35.7. The van der Waals surface area contributed by atoms with Crippen molar-refractivity contribution in [3.8, 4) is 0 Å². The lowest BCUT2D eigenvalue weighted by atomic mass is 10.1. The summed E-state index contributed by atoms with van der Waals surface area (Å²) in [6, 6.07) is -0.188. The van der Waals surface area contributed by atoms with Crippen LogP contribution in [0.2, 0.25) is 0 Å². The largest absolute Gasteiger partial charge is 0.389 e. The summed E-state index contributed by atoms with van der Waals surface area (Å²) in [6.45, 7) is 0.834. The number of halogens is 3. The normalized spacial score (nSPS) is 23.4. The Bertz CT molecular complexity index is 245. The van der Waals surface area contributed by atoms with E-state index in [-0.39, 0.29) is 24.7 Å². The van der Waals surface area contributed by atoms with E-state index < -0.39 is 12.6 Å². The van der Waals surface area contributed by atoms with Crippen LogP contribution in [0.1, 0.15) is 19.3 Å². The maximum absolute atomic E-state index is 11.9. The van der Waals surface area contributed by atoms with Gasteiger partial charge < -0.3 is 0 Å². The molecule has 0 spiro atoms. The number of hydrogen-bond donors (Lipinski definition) is 0. The van der Waals surface area contributed by atoms with Gasteiger partial charge in [0.25, 0.3) is 0 Å². The Labute approximate surface area is 97.6 Å². The molecule has 1 unspecified atom stereocenters. The first-order chi connectivity index (χ1) is 7.40. The van der Waals surface area contributed by atoms with Crippen LogP contribution in [0.5, 0.6) is 0 Å². The lowest BCUT2D eigenvalue weighted by Gasteiger charge is -2.30. The number of thioether (sulfide) groups is 1. The molecule has 0 N–H and O–H groups in total. The van der Waals surface area contributed by atoms with E-state index in [1.54, 1.807) is 11.8 Å². The number of carbonyl (C=O) groups is 1. The van der Waals surface area contributed by atoms with Gasteiger partial charge in [0.1, 0.15) is 0 Å². The summed E-state index contributed by atoms with van der Waals surface area (Å²) in [6.07, 6.45) is -5.05. The van der Waals surface area contributed by atoms with Gasteiger partial charge in [-0.25, -0.2) is 0 Å². The van der Waals surface area contributed by atoms with Crippen LogP contribution in [0, 0.1) is 0 Å². The molecule has 1 atom stereocenters. The molecular formula is C10H16F3NOS. The Balaban J connectivity index is 2.29. The highest BCUT2D eigenvalue weighted by Gasteiger charge is 2.29. The number of likely N-dealkylation sites (N-methyl/N-ethyl adjacent to an activating group) is 1. The SMILES string of the molecule is CN1CCSCC1C(=O)CCCC(F)(F)F. The predicted molar refractivity (Wildman–Crippen MR) is 58.7 cm³/mol. The molecule has 0 bridgehead atoms. The van der Waals surface area contributed by atoms with Crippen molar-refractivity contribution >= 4 is 17.5 Å². The summed E-state index contributed by atoms with van der Waals surface area (Å²) in [5.41, 5.74) is 0. The van der Waals surface area contributed by atoms with Crippen molar-refractivity contribution in [2.24, 2.45) is 0 Å². The number of rotatable bonds is 4.